The normalized spacial score (nSPS) is 17.6. The van der Waals surface area contributed by atoms with Crippen molar-refractivity contribution < 1.29 is 18.7 Å². The van der Waals surface area contributed by atoms with E-state index in [1.807, 2.05) is 19.1 Å². The van der Waals surface area contributed by atoms with Crippen LogP contribution in [-0.4, -0.2) is 23.8 Å². The lowest BCUT2D eigenvalue weighted by Gasteiger charge is -2.19. The Kier molecular flexibility index (Phi) is 3.08. The summed E-state index contributed by atoms with van der Waals surface area (Å²) in [5.74, 6) is 0.894. The topological polar surface area (TPSA) is 98.3 Å². The SMILES string of the molecule is COC(=O)c1[nH]c2c(c1N)C(=O)C[C@@H](c1ccc(C)o1)C2. The highest BCUT2D eigenvalue weighted by Gasteiger charge is 2.33. The molecule has 0 saturated carbocycles. The number of aryl methyl sites for hydroxylation is 1. The van der Waals surface area contributed by atoms with Crippen LogP contribution in [0.4, 0.5) is 5.69 Å². The second-order valence-electron chi connectivity index (χ2n) is 5.24. The minimum atomic E-state index is -0.569. The summed E-state index contributed by atoms with van der Waals surface area (Å²) in [5.41, 5.74) is 7.31. The quantitative estimate of drug-likeness (QED) is 0.825. The number of hydrogen-bond acceptors (Lipinski definition) is 5. The fourth-order valence-corrected chi connectivity index (χ4v) is 2.82. The fourth-order valence-electron chi connectivity index (χ4n) is 2.82. The number of nitrogens with two attached hydrogens (primary N) is 1. The van der Waals surface area contributed by atoms with Crippen molar-refractivity contribution in [2.24, 2.45) is 0 Å². The van der Waals surface area contributed by atoms with Crippen molar-refractivity contribution in [3.8, 4) is 0 Å². The van der Waals surface area contributed by atoms with Gasteiger partial charge in [0.15, 0.2) is 5.78 Å². The van der Waals surface area contributed by atoms with E-state index in [9.17, 15) is 9.59 Å². The number of hydrogen-bond donors (Lipinski definition) is 2. The highest BCUT2D eigenvalue weighted by Crippen LogP contribution is 2.37. The molecule has 6 nitrogen and oxygen atoms in total. The van der Waals surface area contributed by atoms with Gasteiger partial charge >= 0.3 is 5.97 Å². The number of anilines is 1. The first kappa shape index (κ1) is 13.5. The standard InChI is InChI=1S/C15H16N2O4/c1-7-3-4-11(21-7)8-5-9-12(10(18)6-8)13(16)14(17-9)15(19)20-2/h3-4,8,17H,5-6,16H2,1-2H3/t8-/m0/s1. The Morgan fingerprint density at radius 2 is 2.19 bits per heavy atom. The zero-order valence-corrected chi connectivity index (χ0v) is 11.9. The third-order valence-corrected chi connectivity index (χ3v) is 3.83. The summed E-state index contributed by atoms with van der Waals surface area (Å²) >= 11 is 0. The molecule has 0 aliphatic heterocycles. The zero-order chi connectivity index (χ0) is 15.1. The molecule has 2 aromatic heterocycles. The molecule has 6 heteroatoms. The summed E-state index contributed by atoms with van der Waals surface area (Å²) in [7, 11) is 1.28. The molecule has 0 aromatic carbocycles. The number of rotatable bonds is 2. The number of fused-ring (bicyclic) bond motifs is 1. The maximum absolute atomic E-state index is 12.3. The molecule has 0 bridgehead atoms. The van der Waals surface area contributed by atoms with Crippen LogP contribution in [0.1, 0.15) is 50.4 Å². The van der Waals surface area contributed by atoms with Crippen LogP contribution in [0.25, 0.3) is 0 Å². The number of carbonyl (C=O) groups excluding carboxylic acids is 2. The smallest absolute Gasteiger partial charge is 0.356 e. The van der Waals surface area contributed by atoms with Gasteiger partial charge in [0.1, 0.15) is 17.2 Å². The molecule has 0 fully saturated rings. The van der Waals surface area contributed by atoms with Crippen LogP contribution in [0, 0.1) is 6.92 Å². The van der Waals surface area contributed by atoms with Gasteiger partial charge in [-0.05, 0) is 25.5 Å². The summed E-state index contributed by atoms with van der Waals surface area (Å²) < 4.78 is 10.3. The predicted octanol–water partition coefficient (Wildman–Crippen LogP) is 2.20. The molecule has 3 N–H and O–H groups in total. The van der Waals surface area contributed by atoms with E-state index >= 15 is 0 Å². The van der Waals surface area contributed by atoms with Crippen molar-refractivity contribution in [1.29, 1.82) is 0 Å². The van der Waals surface area contributed by atoms with Crippen molar-refractivity contribution in [3.63, 3.8) is 0 Å². The van der Waals surface area contributed by atoms with Crippen LogP contribution in [0.15, 0.2) is 16.5 Å². The van der Waals surface area contributed by atoms with Gasteiger partial charge in [-0.25, -0.2) is 4.79 Å². The number of nitrogen functional groups attached to an aromatic ring is 1. The Balaban J connectivity index is 1.99. The van der Waals surface area contributed by atoms with E-state index in [1.54, 1.807) is 0 Å². The van der Waals surface area contributed by atoms with Gasteiger partial charge in [-0.3, -0.25) is 4.79 Å². The zero-order valence-electron chi connectivity index (χ0n) is 11.9. The second kappa shape index (κ2) is 4.80. The van der Waals surface area contributed by atoms with Crippen molar-refractivity contribution in [1.82, 2.24) is 4.98 Å². The third-order valence-electron chi connectivity index (χ3n) is 3.83. The molecule has 0 saturated heterocycles. The minimum Gasteiger partial charge on any atom is -0.466 e. The molecule has 2 aromatic rings. The number of aromatic nitrogens is 1. The second-order valence-corrected chi connectivity index (χ2v) is 5.24. The third kappa shape index (κ3) is 2.12. The maximum Gasteiger partial charge on any atom is 0.356 e. The number of ketones is 1. The van der Waals surface area contributed by atoms with Gasteiger partial charge in [0, 0.05) is 18.0 Å². The number of nitrogens with one attached hydrogen (secondary N) is 1. The summed E-state index contributed by atoms with van der Waals surface area (Å²) in [6, 6.07) is 3.75. The number of esters is 1. The van der Waals surface area contributed by atoms with E-state index < -0.39 is 5.97 Å². The first-order chi connectivity index (χ1) is 10.0. The number of aromatic amines is 1. The molecule has 110 valence electrons. The summed E-state index contributed by atoms with van der Waals surface area (Å²) in [4.78, 5) is 26.9. The largest absolute Gasteiger partial charge is 0.466 e. The lowest BCUT2D eigenvalue weighted by Crippen LogP contribution is -2.18. The van der Waals surface area contributed by atoms with Gasteiger partial charge in [0.2, 0.25) is 0 Å². The number of H-pyrrole nitrogens is 1. The summed E-state index contributed by atoms with van der Waals surface area (Å²) in [6.45, 7) is 1.86. The van der Waals surface area contributed by atoms with E-state index in [-0.39, 0.29) is 23.1 Å². The Labute approximate surface area is 121 Å². The first-order valence-electron chi connectivity index (χ1n) is 6.69. The van der Waals surface area contributed by atoms with E-state index in [0.717, 1.165) is 11.5 Å². The van der Waals surface area contributed by atoms with Gasteiger partial charge in [-0.15, -0.1) is 0 Å². The lowest BCUT2D eigenvalue weighted by molar-refractivity contribution is 0.0595. The first-order valence-corrected chi connectivity index (χ1v) is 6.69. The van der Waals surface area contributed by atoms with E-state index in [0.29, 0.717) is 24.1 Å². The van der Waals surface area contributed by atoms with Crippen LogP contribution in [-0.2, 0) is 11.2 Å². The Hall–Kier alpha value is -2.50. The monoisotopic (exact) mass is 288 g/mol. The molecule has 2 heterocycles. The van der Waals surface area contributed by atoms with Crippen LogP contribution in [0.2, 0.25) is 0 Å². The van der Waals surface area contributed by atoms with Gasteiger partial charge in [-0.2, -0.15) is 0 Å². The van der Waals surface area contributed by atoms with Crippen molar-refractivity contribution in [2.45, 2.75) is 25.7 Å². The van der Waals surface area contributed by atoms with Gasteiger partial charge in [-0.1, -0.05) is 0 Å². The fraction of sp³-hybridized carbons (Fsp3) is 0.333. The molecule has 1 aliphatic carbocycles. The molecule has 0 amide bonds. The number of methoxy groups -OCH3 is 1. The van der Waals surface area contributed by atoms with E-state index in [2.05, 4.69) is 9.72 Å². The van der Waals surface area contributed by atoms with Gasteiger partial charge in [0.25, 0.3) is 0 Å². The molecule has 0 spiro atoms. The van der Waals surface area contributed by atoms with Crippen LogP contribution in [0.3, 0.4) is 0 Å². The predicted molar refractivity (Wildman–Crippen MR) is 75.4 cm³/mol. The van der Waals surface area contributed by atoms with E-state index in [1.165, 1.54) is 7.11 Å². The van der Waals surface area contributed by atoms with Crippen molar-refractivity contribution in [3.05, 3.63) is 40.6 Å². The molecule has 1 atom stereocenters. The number of carbonyl (C=O) groups is 2. The molecule has 0 unspecified atom stereocenters. The summed E-state index contributed by atoms with van der Waals surface area (Å²) in [6.07, 6.45) is 0.901. The van der Waals surface area contributed by atoms with Gasteiger partial charge in [0.05, 0.1) is 18.4 Å². The molecule has 0 radical (unpaired) electrons. The Morgan fingerprint density at radius 3 is 2.81 bits per heavy atom. The maximum atomic E-state index is 12.3. The molecular formula is C15H16N2O4. The molecular weight excluding hydrogens is 272 g/mol. The lowest BCUT2D eigenvalue weighted by atomic mass is 9.85. The molecule has 3 rings (SSSR count). The van der Waals surface area contributed by atoms with Crippen LogP contribution < -0.4 is 5.73 Å². The minimum absolute atomic E-state index is 0.0396. The van der Waals surface area contributed by atoms with Crippen molar-refractivity contribution >= 4 is 17.4 Å². The number of Topliss-reactive ketones (excluding diaryl/α,β-unsaturated/α-hetero) is 1. The molecule has 21 heavy (non-hydrogen) atoms. The van der Waals surface area contributed by atoms with Crippen LogP contribution >= 0.6 is 0 Å². The highest BCUT2D eigenvalue weighted by molar-refractivity contribution is 6.08. The average molecular weight is 288 g/mol. The number of furan rings is 1. The molecule has 1 aliphatic rings. The van der Waals surface area contributed by atoms with Crippen LogP contribution in [0.5, 0.6) is 0 Å². The number of ether oxygens (including phenoxy) is 1. The summed E-state index contributed by atoms with van der Waals surface area (Å²) in [5, 5.41) is 0. The average Bonchev–Trinajstić information content (AvgIpc) is 3.02. The van der Waals surface area contributed by atoms with Gasteiger partial charge < -0.3 is 19.9 Å². The Bertz CT molecular complexity index is 726. The Morgan fingerprint density at radius 1 is 1.43 bits per heavy atom. The highest BCUT2D eigenvalue weighted by atomic mass is 16.5. The van der Waals surface area contributed by atoms with Crippen molar-refractivity contribution in [2.75, 3.05) is 12.8 Å². The van der Waals surface area contributed by atoms with E-state index in [4.69, 9.17) is 10.2 Å².